The van der Waals surface area contributed by atoms with Gasteiger partial charge in [0.2, 0.25) is 5.91 Å². The van der Waals surface area contributed by atoms with Crippen molar-refractivity contribution in [3.63, 3.8) is 0 Å². The van der Waals surface area contributed by atoms with Crippen molar-refractivity contribution in [1.82, 2.24) is 10.6 Å². The Morgan fingerprint density at radius 2 is 1.67 bits per heavy atom. The average molecular weight is 453 g/mol. The van der Waals surface area contributed by atoms with Gasteiger partial charge in [0.1, 0.15) is 0 Å². The Balaban J connectivity index is 1.46. The number of nitrogens with one attached hydrogen (secondary N) is 4. The number of anilines is 2. The van der Waals surface area contributed by atoms with Crippen molar-refractivity contribution in [1.29, 1.82) is 0 Å². The molecule has 0 spiro atoms. The highest BCUT2D eigenvalue weighted by molar-refractivity contribution is 5.97. The van der Waals surface area contributed by atoms with Crippen LogP contribution in [0.3, 0.4) is 0 Å². The first-order valence-corrected chi connectivity index (χ1v) is 11.4. The van der Waals surface area contributed by atoms with E-state index in [1.165, 1.54) is 6.42 Å². The molecule has 0 aliphatic heterocycles. The zero-order chi connectivity index (χ0) is 23.5. The number of rotatable bonds is 10. The van der Waals surface area contributed by atoms with Crippen LogP contribution in [0.1, 0.15) is 52.8 Å². The van der Waals surface area contributed by atoms with Gasteiger partial charge in [-0.1, -0.05) is 25.3 Å². The van der Waals surface area contributed by atoms with Gasteiger partial charge in [-0.3, -0.25) is 14.4 Å². The summed E-state index contributed by atoms with van der Waals surface area (Å²) in [7, 11) is 1.57. The van der Waals surface area contributed by atoms with Crippen LogP contribution in [0.5, 0.6) is 0 Å². The van der Waals surface area contributed by atoms with Gasteiger partial charge in [0.15, 0.2) is 0 Å². The minimum absolute atomic E-state index is 0.0486. The molecule has 1 saturated carbocycles. The third kappa shape index (κ3) is 7.91. The van der Waals surface area contributed by atoms with E-state index in [1.54, 1.807) is 49.6 Å². The highest BCUT2D eigenvalue weighted by Gasteiger charge is 2.17. The zero-order valence-electron chi connectivity index (χ0n) is 19.0. The fraction of sp³-hybridized carbons (Fsp3) is 0.400. The van der Waals surface area contributed by atoms with Gasteiger partial charge in [-0.15, -0.1) is 0 Å². The van der Waals surface area contributed by atoms with E-state index in [1.807, 2.05) is 6.07 Å². The van der Waals surface area contributed by atoms with Crippen molar-refractivity contribution < 1.29 is 19.1 Å². The average Bonchev–Trinajstić information content (AvgIpc) is 2.84. The maximum absolute atomic E-state index is 12.5. The molecule has 0 saturated heterocycles. The number of carbonyl (C=O) groups excluding carboxylic acids is 3. The van der Waals surface area contributed by atoms with Gasteiger partial charge in [-0.05, 0) is 55.3 Å². The lowest BCUT2D eigenvalue weighted by Crippen LogP contribution is -2.36. The first-order valence-electron chi connectivity index (χ1n) is 11.4. The number of methoxy groups -OCH3 is 1. The lowest BCUT2D eigenvalue weighted by atomic mass is 9.95. The number of benzene rings is 2. The Bertz CT molecular complexity index is 940. The Kier molecular flexibility index (Phi) is 9.26. The second-order valence-electron chi connectivity index (χ2n) is 8.12. The van der Waals surface area contributed by atoms with Gasteiger partial charge in [-0.2, -0.15) is 0 Å². The van der Waals surface area contributed by atoms with Crippen molar-refractivity contribution in [2.75, 3.05) is 37.4 Å². The number of hydrogen-bond donors (Lipinski definition) is 4. The molecule has 4 N–H and O–H groups in total. The molecular weight excluding hydrogens is 420 g/mol. The fourth-order valence-electron chi connectivity index (χ4n) is 3.75. The molecule has 1 aliphatic rings. The highest BCUT2D eigenvalue weighted by Crippen LogP contribution is 2.18. The second kappa shape index (κ2) is 12.6. The summed E-state index contributed by atoms with van der Waals surface area (Å²) in [5.74, 6) is -0.510. The molecule has 3 amide bonds. The minimum Gasteiger partial charge on any atom is -0.383 e. The molecule has 0 aromatic heterocycles. The normalized spacial score (nSPS) is 13.7. The van der Waals surface area contributed by atoms with Crippen molar-refractivity contribution in [2.45, 2.75) is 38.1 Å². The molecule has 8 nitrogen and oxygen atoms in total. The van der Waals surface area contributed by atoms with E-state index >= 15 is 0 Å². The van der Waals surface area contributed by atoms with Crippen LogP contribution in [-0.4, -0.2) is 50.6 Å². The third-order valence-electron chi connectivity index (χ3n) is 5.54. The summed E-state index contributed by atoms with van der Waals surface area (Å²) in [6.45, 7) is 0.927. The molecule has 1 fully saturated rings. The quantitative estimate of drug-likeness (QED) is 0.414. The molecule has 2 aromatic carbocycles. The van der Waals surface area contributed by atoms with E-state index in [4.69, 9.17) is 4.74 Å². The molecule has 2 aromatic rings. The first-order chi connectivity index (χ1) is 16.0. The lowest BCUT2D eigenvalue weighted by molar-refractivity contribution is -0.114. The Hall–Kier alpha value is -3.39. The van der Waals surface area contributed by atoms with Crippen molar-refractivity contribution in [3.8, 4) is 0 Å². The number of carbonyl (C=O) groups is 3. The van der Waals surface area contributed by atoms with Gasteiger partial charge >= 0.3 is 0 Å². The maximum atomic E-state index is 12.5. The van der Waals surface area contributed by atoms with Crippen LogP contribution in [0, 0.1) is 0 Å². The van der Waals surface area contributed by atoms with Crippen LogP contribution in [0.2, 0.25) is 0 Å². The number of hydrogen-bond acceptors (Lipinski definition) is 5. The van der Waals surface area contributed by atoms with Crippen LogP contribution in [0.4, 0.5) is 11.4 Å². The number of ether oxygens (including phenoxy) is 1. The van der Waals surface area contributed by atoms with E-state index in [0.29, 0.717) is 35.7 Å². The molecule has 0 bridgehead atoms. The molecule has 0 heterocycles. The molecule has 1 aliphatic carbocycles. The molecule has 0 radical (unpaired) electrons. The Morgan fingerprint density at radius 3 is 2.39 bits per heavy atom. The summed E-state index contributed by atoms with van der Waals surface area (Å²) >= 11 is 0. The zero-order valence-corrected chi connectivity index (χ0v) is 19.0. The molecule has 3 rings (SSSR count). The van der Waals surface area contributed by atoms with E-state index in [2.05, 4.69) is 21.3 Å². The summed E-state index contributed by atoms with van der Waals surface area (Å²) in [6, 6.07) is 14.1. The molecule has 8 heteroatoms. The van der Waals surface area contributed by atoms with Crippen LogP contribution in [-0.2, 0) is 9.53 Å². The summed E-state index contributed by atoms with van der Waals surface area (Å²) in [4.78, 5) is 36.9. The highest BCUT2D eigenvalue weighted by atomic mass is 16.5. The molecule has 0 atom stereocenters. The Morgan fingerprint density at radius 1 is 0.909 bits per heavy atom. The summed E-state index contributed by atoms with van der Waals surface area (Å²) in [5.41, 5.74) is 2.37. The van der Waals surface area contributed by atoms with E-state index in [0.717, 1.165) is 25.7 Å². The van der Waals surface area contributed by atoms with Gasteiger partial charge in [-0.25, -0.2) is 0 Å². The molecule has 33 heavy (non-hydrogen) atoms. The SMILES string of the molecule is COCCNC(=O)c1ccc(NC(=O)CNc2cccc(C(=O)NC3CCCCC3)c2)cc1. The van der Waals surface area contributed by atoms with E-state index in [-0.39, 0.29) is 30.3 Å². The third-order valence-corrected chi connectivity index (χ3v) is 5.54. The standard InChI is InChI=1S/C25H32N4O4/c1-33-15-14-26-24(31)18-10-12-21(13-11-18)28-23(30)17-27-22-9-5-6-19(16-22)25(32)29-20-7-3-2-4-8-20/h5-6,9-13,16,20,27H,2-4,7-8,14-15,17H2,1H3,(H,26,31)(H,28,30)(H,29,32). The van der Waals surface area contributed by atoms with Gasteiger partial charge in [0, 0.05) is 42.2 Å². The van der Waals surface area contributed by atoms with Crippen molar-refractivity contribution in [3.05, 3.63) is 59.7 Å². The molecular formula is C25H32N4O4. The first kappa shape index (κ1) is 24.3. The molecule has 0 unspecified atom stereocenters. The van der Waals surface area contributed by atoms with Crippen molar-refractivity contribution >= 4 is 29.1 Å². The predicted molar refractivity (Wildman–Crippen MR) is 129 cm³/mol. The Labute approximate surface area is 194 Å². The van der Waals surface area contributed by atoms with Gasteiger partial charge in [0.05, 0.1) is 13.2 Å². The lowest BCUT2D eigenvalue weighted by Gasteiger charge is -2.22. The number of amides is 3. The van der Waals surface area contributed by atoms with Crippen molar-refractivity contribution in [2.24, 2.45) is 0 Å². The summed E-state index contributed by atoms with van der Waals surface area (Å²) in [5, 5.41) is 11.7. The summed E-state index contributed by atoms with van der Waals surface area (Å²) < 4.78 is 4.91. The maximum Gasteiger partial charge on any atom is 0.251 e. The molecule has 176 valence electrons. The van der Waals surface area contributed by atoms with Crippen LogP contribution in [0.15, 0.2) is 48.5 Å². The largest absolute Gasteiger partial charge is 0.383 e. The fourth-order valence-corrected chi connectivity index (χ4v) is 3.75. The second-order valence-corrected chi connectivity index (χ2v) is 8.12. The van der Waals surface area contributed by atoms with Gasteiger partial charge in [0.25, 0.3) is 11.8 Å². The smallest absolute Gasteiger partial charge is 0.251 e. The van der Waals surface area contributed by atoms with Crippen LogP contribution in [0.25, 0.3) is 0 Å². The van der Waals surface area contributed by atoms with E-state index in [9.17, 15) is 14.4 Å². The predicted octanol–water partition coefficient (Wildman–Crippen LogP) is 3.18. The van der Waals surface area contributed by atoms with Gasteiger partial charge < -0.3 is 26.0 Å². The summed E-state index contributed by atoms with van der Waals surface area (Å²) in [6.07, 6.45) is 5.62. The van der Waals surface area contributed by atoms with Crippen LogP contribution >= 0.6 is 0 Å². The monoisotopic (exact) mass is 452 g/mol. The minimum atomic E-state index is -0.232. The van der Waals surface area contributed by atoms with Crippen LogP contribution < -0.4 is 21.3 Å². The van der Waals surface area contributed by atoms with E-state index < -0.39 is 0 Å². The topological polar surface area (TPSA) is 109 Å².